The summed E-state index contributed by atoms with van der Waals surface area (Å²) in [5.74, 6) is -0.222. The Morgan fingerprint density at radius 3 is 2.68 bits per heavy atom. The number of hydrogen-bond acceptors (Lipinski definition) is 5. The topological polar surface area (TPSA) is 91.8 Å². The number of thiazole rings is 1. The molecular weight excluding hydrogens is 260 g/mol. The molecule has 5 nitrogen and oxygen atoms in total. The first-order valence-electron chi connectivity index (χ1n) is 5.60. The molecule has 2 aromatic rings. The Morgan fingerprint density at radius 2 is 2.16 bits per heavy atom. The maximum absolute atomic E-state index is 12.0. The number of nitrogens with zero attached hydrogens (tertiary/aromatic N) is 2. The van der Waals surface area contributed by atoms with Crippen LogP contribution in [0.4, 0.5) is 10.8 Å². The molecule has 3 N–H and O–H groups in total. The van der Waals surface area contributed by atoms with Gasteiger partial charge in [0.25, 0.3) is 5.91 Å². The number of nitrogens with two attached hydrogens (primary N) is 1. The Kier molecular flexibility index (Phi) is 3.78. The van der Waals surface area contributed by atoms with Crippen LogP contribution in [0.15, 0.2) is 24.3 Å². The first kappa shape index (κ1) is 13.1. The molecule has 1 aromatic carbocycles. The summed E-state index contributed by atoms with van der Waals surface area (Å²) in [6, 6.07) is 9.23. The molecule has 0 saturated carbocycles. The van der Waals surface area contributed by atoms with Gasteiger partial charge in [-0.05, 0) is 24.6 Å². The Bertz CT molecular complexity index is 640. The summed E-state index contributed by atoms with van der Waals surface area (Å²) < 4.78 is 0. The number of nitrogens with one attached hydrogen (secondary N) is 1. The number of benzene rings is 1. The van der Waals surface area contributed by atoms with Crippen molar-refractivity contribution in [3.05, 3.63) is 40.4 Å². The average Bonchev–Trinajstić information content (AvgIpc) is 2.71. The number of hydrogen-bond donors (Lipinski definition) is 2. The van der Waals surface area contributed by atoms with E-state index in [0.717, 1.165) is 16.9 Å². The lowest BCUT2D eigenvalue weighted by atomic mass is 10.1. The predicted octanol–water partition coefficient (Wildman–Crippen LogP) is 2.35. The van der Waals surface area contributed by atoms with Gasteiger partial charge >= 0.3 is 0 Å². The van der Waals surface area contributed by atoms with Crippen molar-refractivity contribution in [2.24, 2.45) is 0 Å². The first-order chi connectivity index (χ1) is 9.10. The molecule has 96 valence electrons. The van der Waals surface area contributed by atoms with Crippen molar-refractivity contribution in [3.63, 3.8) is 0 Å². The van der Waals surface area contributed by atoms with E-state index in [-0.39, 0.29) is 5.91 Å². The molecule has 0 atom stereocenters. The van der Waals surface area contributed by atoms with E-state index in [0.29, 0.717) is 27.8 Å². The van der Waals surface area contributed by atoms with E-state index in [4.69, 9.17) is 11.0 Å². The van der Waals surface area contributed by atoms with Crippen LogP contribution in [0.1, 0.15) is 20.9 Å². The molecule has 0 aliphatic heterocycles. The van der Waals surface area contributed by atoms with Gasteiger partial charge in [-0.15, -0.1) is 0 Å². The average molecular weight is 272 g/mol. The number of carbonyl (C=O) groups is 1. The lowest BCUT2D eigenvalue weighted by Gasteiger charge is -2.04. The molecule has 1 aromatic heterocycles. The van der Waals surface area contributed by atoms with Gasteiger partial charge in [-0.2, -0.15) is 5.26 Å². The maximum atomic E-state index is 12.0. The number of aromatic nitrogens is 1. The predicted molar refractivity (Wildman–Crippen MR) is 75.0 cm³/mol. The molecule has 0 aliphatic rings. The summed E-state index contributed by atoms with van der Waals surface area (Å²) in [5.41, 5.74) is 7.78. The second-order valence-electron chi connectivity index (χ2n) is 3.95. The highest BCUT2D eigenvalue weighted by atomic mass is 32.1. The van der Waals surface area contributed by atoms with E-state index in [1.54, 1.807) is 19.1 Å². The summed E-state index contributed by atoms with van der Waals surface area (Å²) in [7, 11) is 0. The molecule has 0 radical (unpaired) electrons. The van der Waals surface area contributed by atoms with E-state index in [9.17, 15) is 4.79 Å². The van der Waals surface area contributed by atoms with Gasteiger partial charge in [0.1, 0.15) is 4.88 Å². The minimum Gasteiger partial charge on any atom is -0.375 e. The van der Waals surface area contributed by atoms with Crippen LogP contribution in [-0.4, -0.2) is 10.9 Å². The second-order valence-corrected chi connectivity index (χ2v) is 4.98. The molecular formula is C13H12N4OS. The number of nitrogen functional groups attached to an aromatic ring is 1. The zero-order valence-corrected chi connectivity index (χ0v) is 11.1. The van der Waals surface area contributed by atoms with Crippen molar-refractivity contribution in [1.29, 1.82) is 5.26 Å². The molecule has 6 heteroatoms. The lowest BCUT2D eigenvalue weighted by molar-refractivity contribution is 0.103. The highest BCUT2D eigenvalue weighted by Crippen LogP contribution is 2.21. The van der Waals surface area contributed by atoms with Crippen LogP contribution < -0.4 is 11.1 Å². The van der Waals surface area contributed by atoms with Gasteiger partial charge in [0.2, 0.25) is 0 Å². The van der Waals surface area contributed by atoms with Crippen LogP contribution in [0.2, 0.25) is 0 Å². The SMILES string of the molecule is Cc1nc(N)sc1C(=O)Nc1ccc(CC#N)cc1. The number of carbonyl (C=O) groups excluding carboxylic acids is 1. The van der Waals surface area contributed by atoms with Crippen LogP contribution in [0.5, 0.6) is 0 Å². The highest BCUT2D eigenvalue weighted by molar-refractivity contribution is 7.17. The van der Waals surface area contributed by atoms with Crippen molar-refractivity contribution >= 4 is 28.1 Å². The molecule has 0 bridgehead atoms. The van der Waals surface area contributed by atoms with Gasteiger partial charge in [-0.3, -0.25) is 4.79 Å². The quantitative estimate of drug-likeness (QED) is 0.897. The molecule has 0 fully saturated rings. The molecule has 1 heterocycles. The third kappa shape index (κ3) is 3.09. The van der Waals surface area contributed by atoms with Crippen LogP contribution in [0, 0.1) is 18.3 Å². The van der Waals surface area contributed by atoms with E-state index in [2.05, 4.69) is 16.4 Å². The van der Waals surface area contributed by atoms with Crippen LogP contribution in [0.3, 0.4) is 0 Å². The van der Waals surface area contributed by atoms with E-state index < -0.39 is 0 Å². The molecule has 0 saturated heterocycles. The van der Waals surface area contributed by atoms with Crippen LogP contribution in [0.25, 0.3) is 0 Å². The fraction of sp³-hybridized carbons (Fsp3) is 0.154. The Hall–Kier alpha value is -2.39. The molecule has 0 unspecified atom stereocenters. The van der Waals surface area contributed by atoms with Gasteiger partial charge in [0.15, 0.2) is 5.13 Å². The zero-order valence-electron chi connectivity index (χ0n) is 10.3. The van der Waals surface area contributed by atoms with E-state index in [1.165, 1.54) is 0 Å². The van der Waals surface area contributed by atoms with Gasteiger partial charge in [-0.25, -0.2) is 4.98 Å². The van der Waals surface area contributed by atoms with Crippen molar-refractivity contribution < 1.29 is 4.79 Å². The van der Waals surface area contributed by atoms with Crippen molar-refractivity contribution in [3.8, 4) is 6.07 Å². The number of amides is 1. The molecule has 0 aliphatic carbocycles. The van der Waals surface area contributed by atoms with Crippen molar-refractivity contribution in [2.75, 3.05) is 11.1 Å². The maximum Gasteiger partial charge on any atom is 0.267 e. The summed E-state index contributed by atoms with van der Waals surface area (Å²) in [6.07, 6.45) is 0.360. The van der Waals surface area contributed by atoms with Gasteiger partial charge in [0, 0.05) is 5.69 Å². The van der Waals surface area contributed by atoms with E-state index in [1.807, 2.05) is 12.1 Å². The normalized spacial score (nSPS) is 9.89. The van der Waals surface area contributed by atoms with Crippen molar-refractivity contribution in [2.45, 2.75) is 13.3 Å². The molecule has 0 spiro atoms. The highest BCUT2D eigenvalue weighted by Gasteiger charge is 2.14. The summed E-state index contributed by atoms with van der Waals surface area (Å²) in [5, 5.41) is 11.7. The first-order valence-corrected chi connectivity index (χ1v) is 6.42. The third-order valence-electron chi connectivity index (χ3n) is 2.51. The van der Waals surface area contributed by atoms with Gasteiger partial charge in [-0.1, -0.05) is 23.5 Å². The monoisotopic (exact) mass is 272 g/mol. The standard InChI is InChI=1S/C13H12N4OS/c1-8-11(19-13(15)16-8)12(18)17-10-4-2-9(3-5-10)6-7-14/h2-5H,6H2,1H3,(H2,15,16)(H,17,18). The Labute approximate surface area is 114 Å². The third-order valence-corrected chi connectivity index (χ3v) is 3.50. The largest absolute Gasteiger partial charge is 0.375 e. The summed E-state index contributed by atoms with van der Waals surface area (Å²) >= 11 is 1.16. The second kappa shape index (κ2) is 5.50. The fourth-order valence-electron chi connectivity index (χ4n) is 1.61. The van der Waals surface area contributed by atoms with Gasteiger partial charge in [0.05, 0.1) is 18.2 Å². The number of nitriles is 1. The molecule has 2 rings (SSSR count). The lowest BCUT2D eigenvalue weighted by Crippen LogP contribution is -2.11. The molecule has 19 heavy (non-hydrogen) atoms. The smallest absolute Gasteiger partial charge is 0.267 e. The van der Waals surface area contributed by atoms with E-state index >= 15 is 0 Å². The zero-order chi connectivity index (χ0) is 13.8. The summed E-state index contributed by atoms with van der Waals surface area (Å²) in [6.45, 7) is 1.75. The number of aryl methyl sites for hydroxylation is 1. The molecule has 1 amide bonds. The summed E-state index contributed by atoms with van der Waals surface area (Å²) in [4.78, 5) is 16.5. The van der Waals surface area contributed by atoms with Crippen LogP contribution in [-0.2, 0) is 6.42 Å². The van der Waals surface area contributed by atoms with Crippen molar-refractivity contribution in [1.82, 2.24) is 4.98 Å². The number of anilines is 2. The van der Waals surface area contributed by atoms with Gasteiger partial charge < -0.3 is 11.1 Å². The fourth-order valence-corrected chi connectivity index (χ4v) is 2.34. The Balaban J connectivity index is 2.11. The minimum atomic E-state index is -0.222. The minimum absolute atomic E-state index is 0.222. The Morgan fingerprint density at radius 1 is 1.47 bits per heavy atom. The van der Waals surface area contributed by atoms with Crippen LogP contribution >= 0.6 is 11.3 Å². The number of rotatable bonds is 3.